The zero-order chi connectivity index (χ0) is 16.3. The number of amides is 1. The number of nitrogens with two attached hydrogens (primary N) is 1. The van der Waals surface area contributed by atoms with Gasteiger partial charge in [-0.15, -0.1) is 11.3 Å². The van der Waals surface area contributed by atoms with Crippen LogP contribution in [0.1, 0.15) is 29.2 Å². The van der Waals surface area contributed by atoms with Gasteiger partial charge in [0.25, 0.3) is 0 Å². The lowest BCUT2D eigenvalue weighted by molar-refractivity contribution is -0.137. The molecule has 0 saturated heterocycles. The van der Waals surface area contributed by atoms with Crippen LogP contribution in [0.2, 0.25) is 0 Å². The van der Waals surface area contributed by atoms with Crippen molar-refractivity contribution < 1.29 is 18.0 Å². The predicted molar refractivity (Wildman–Crippen MR) is 78.5 cm³/mol. The smallest absolute Gasteiger partial charge is 0.326 e. The molecule has 1 heterocycles. The fraction of sp³-hybridized carbons (Fsp3) is 0.286. The lowest BCUT2D eigenvalue weighted by Crippen LogP contribution is -2.15. The van der Waals surface area contributed by atoms with Gasteiger partial charge in [0.15, 0.2) is 0 Å². The topological polar surface area (TPSA) is 68.0 Å². The average Bonchev–Trinajstić information content (AvgIpc) is 2.86. The van der Waals surface area contributed by atoms with Crippen LogP contribution in [-0.4, -0.2) is 10.9 Å². The third-order valence-corrected chi connectivity index (χ3v) is 3.87. The number of hydrogen-bond acceptors (Lipinski definition) is 4. The molecule has 4 nitrogen and oxygen atoms in total. The van der Waals surface area contributed by atoms with E-state index in [0.717, 1.165) is 12.1 Å². The second-order valence-electron chi connectivity index (χ2n) is 4.77. The first-order valence-corrected chi connectivity index (χ1v) is 7.30. The SMILES string of the molecule is CC(N)c1nc(CC(=O)Nc2cccc(C(F)(F)F)c2)cs1. The molecule has 2 aromatic rings. The van der Waals surface area contributed by atoms with Crippen LogP contribution in [0.3, 0.4) is 0 Å². The van der Waals surface area contributed by atoms with Gasteiger partial charge in [0.05, 0.1) is 23.7 Å². The van der Waals surface area contributed by atoms with Crippen LogP contribution < -0.4 is 11.1 Å². The first-order chi connectivity index (χ1) is 10.3. The number of nitrogens with zero attached hydrogens (tertiary/aromatic N) is 1. The Morgan fingerprint density at radius 3 is 2.77 bits per heavy atom. The number of aromatic nitrogens is 1. The van der Waals surface area contributed by atoms with E-state index in [9.17, 15) is 18.0 Å². The Balaban J connectivity index is 2.02. The van der Waals surface area contributed by atoms with Crippen LogP contribution in [-0.2, 0) is 17.4 Å². The number of alkyl halides is 3. The minimum absolute atomic E-state index is 0.0144. The maximum atomic E-state index is 12.6. The van der Waals surface area contributed by atoms with Crippen LogP contribution in [0.5, 0.6) is 0 Å². The van der Waals surface area contributed by atoms with Crippen molar-refractivity contribution in [3.63, 3.8) is 0 Å². The molecule has 0 bridgehead atoms. The largest absolute Gasteiger partial charge is 0.416 e. The fourth-order valence-corrected chi connectivity index (χ4v) is 2.53. The second-order valence-corrected chi connectivity index (χ2v) is 5.66. The molecular weight excluding hydrogens is 315 g/mol. The zero-order valence-electron chi connectivity index (χ0n) is 11.6. The van der Waals surface area contributed by atoms with E-state index in [0.29, 0.717) is 10.7 Å². The van der Waals surface area contributed by atoms with Gasteiger partial charge in [-0.1, -0.05) is 6.07 Å². The number of halogens is 3. The van der Waals surface area contributed by atoms with E-state index in [1.165, 1.54) is 23.5 Å². The van der Waals surface area contributed by atoms with Crippen molar-refractivity contribution >= 4 is 22.9 Å². The maximum absolute atomic E-state index is 12.6. The summed E-state index contributed by atoms with van der Waals surface area (Å²) in [6.45, 7) is 1.78. The fourth-order valence-electron chi connectivity index (χ4n) is 1.76. The average molecular weight is 329 g/mol. The lowest BCUT2D eigenvalue weighted by atomic mass is 10.2. The molecule has 1 aromatic heterocycles. The molecule has 3 N–H and O–H groups in total. The van der Waals surface area contributed by atoms with E-state index in [1.807, 2.05) is 0 Å². The summed E-state index contributed by atoms with van der Waals surface area (Å²) in [7, 11) is 0. The van der Waals surface area contributed by atoms with Gasteiger partial charge in [0, 0.05) is 11.1 Å². The molecule has 8 heteroatoms. The number of nitrogens with one attached hydrogen (secondary N) is 1. The third kappa shape index (κ3) is 4.28. The van der Waals surface area contributed by atoms with Gasteiger partial charge in [-0.25, -0.2) is 4.98 Å². The van der Waals surface area contributed by atoms with Gasteiger partial charge in [-0.3, -0.25) is 4.79 Å². The number of thiazole rings is 1. The van der Waals surface area contributed by atoms with E-state index in [2.05, 4.69) is 10.3 Å². The van der Waals surface area contributed by atoms with Crippen LogP contribution >= 0.6 is 11.3 Å². The summed E-state index contributed by atoms with van der Waals surface area (Å²) in [5.74, 6) is -0.430. The zero-order valence-corrected chi connectivity index (χ0v) is 12.5. The molecule has 0 aliphatic carbocycles. The number of rotatable bonds is 4. The number of carbonyl (C=O) groups excluding carboxylic acids is 1. The van der Waals surface area contributed by atoms with Gasteiger partial charge in [-0.05, 0) is 25.1 Å². The Morgan fingerprint density at radius 1 is 1.45 bits per heavy atom. The quantitative estimate of drug-likeness (QED) is 0.904. The van der Waals surface area contributed by atoms with E-state index in [1.54, 1.807) is 12.3 Å². The highest BCUT2D eigenvalue weighted by Gasteiger charge is 2.30. The third-order valence-electron chi connectivity index (χ3n) is 2.77. The predicted octanol–water partition coefficient (Wildman–Crippen LogP) is 3.36. The molecular formula is C14H14F3N3OS. The maximum Gasteiger partial charge on any atom is 0.416 e. The van der Waals surface area contributed by atoms with E-state index >= 15 is 0 Å². The van der Waals surface area contributed by atoms with Crippen molar-refractivity contribution in [1.82, 2.24) is 4.98 Å². The minimum atomic E-state index is -4.44. The molecule has 1 aromatic carbocycles. The van der Waals surface area contributed by atoms with Crippen molar-refractivity contribution in [2.45, 2.75) is 25.6 Å². The van der Waals surface area contributed by atoms with Gasteiger partial charge in [0.1, 0.15) is 5.01 Å². The van der Waals surface area contributed by atoms with Crippen molar-refractivity contribution in [3.05, 3.63) is 45.9 Å². The van der Waals surface area contributed by atoms with Crippen molar-refractivity contribution in [2.75, 3.05) is 5.32 Å². The summed E-state index contributed by atoms with van der Waals surface area (Å²) in [5.41, 5.74) is 5.52. The van der Waals surface area contributed by atoms with Gasteiger partial charge < -0.3 is 11.1 Å². The Kier molecular flexibility index (Phi) is 4.82. The number of anilines is 1. The molecule has 1 amide bonds. The standard InChI is InChI=1S/C14H14F3N3OS/c1-8(18)13-20-11(7-22-13)6-12(21)19-10-4-2-3-9(5-10)14(15,16)17/h2-5,7-8H,6,18H2,1H3,(H,19,21). The lowest BCUT2D eigenvalue weighted by Gasteiger charge is -2.09. The Bertz CT molecular complexity index is 667. The molecule has 0 spiro atoms. The minimum Gasteiger partial charge on any atom is -0.326 e. The van der Waals surface area contributed by atoms with E-state index < -0.39 is 17.6 Å². The summed E-state index contributed by atoms with van der Waals surface area (Å²) in [6, 6.07) is 4.28. The molecule has 2 rings (SSSR count). The Hall–Kier alpha value is -1.93. The van der Waals surface area contributed by atoms with Gasteiger partial charge >= 0.3 is 6.18 Å². The van der Waals surface area contributed by atoms with Crippen molar-refractivity contribution in [2.24, 2.45) is 5.73 Å². The highest BCUT2D eigenvalue weighted by molar-refractivity contribution is 7.09. The van der Waals surface area contributed by atoms with Crippen LogP contribution in [0, 0.1) is 0 Å². The molecule has 1 unspecified atom stereocenters. The summed E-state index contributed by atoms with van der Waals surface area (Å²) in [5, 5.41) is 4.86. The molecule has 118 valence electrons. The van der Waals surface area contributed by atoms with Gasteiger partial charge in [-0.2, -0.15) is 13.2 Å². The summed E-state index contributed by atoms with van der Waals surface area (Å²) >= 11 is 1.35. The highest BCUT2D eigenvalue weighted by atomic mass is 32.1. The monoisotopic (exact) mass is 329 g/mol. The van der Waals surface area contributed by atoms with Crippen molar-refractivity contribution in [3.8, 4) is 0 Å². The second kappa shape index (κ2) is 6.45. The Labute approximate surface area is 129 Å². The normalized spacial score (nSPS) is 13.0. The number of carbonyl (C=O) groups is 1. The first-order valence-electron chi connectivity index (χ1n) is 6.42. The van der Waals surface area contributed by atoms with E-state index in [4.69, 9.17) is 5.73 Å². The molecule has 0 aliphatic heterocycles. The molecule has 22 heavy (non-hydrogen) atoms. The summed E-state index contributed by atoms with van der Waals surface area (Å²) in [6.07, 6.45) is -4.46. The number of benzene rings is 1. The molecule has 0 aliphatic rings. The molecule has 0 saturated carbocycles. The first kappa shape index (κ1) is 16.4. The van der Waals surface area contributed by atoms with Gasteiger partial charge in [0.2, 0.25) is 5.91 Å². The highest BCUT2D eigenvalue weighted by Crippen LogP contribution is 2.30. The van der Waals surface area contributed by atoms with Crippen molar-refractivity contribution in [1.29, 1.82) is 0 Å². The summed E-state index contributed by atoms with van der Waals surface area (Å²) in [4.78, 5) is 16.1. The molecule has 1 atom stereocenters. The van der Waals surface area contributed by atoms with E-state index in [-0.39, 0.29) is 18.2 Å². The van der Waals surface area contributed by atoms with Crippen LogP contribution in [0.4, 0.5) is 18.9 Å². The molecule has 0 radical (unpaired) electrons. The van der Waals surface area contributed by atoms with Crippen LogP contribution in [0.15, 0.2) is 29.6 Å². The number of hydrogen-bond donors (Lipinski definition) is 2. The Morgan fingerprint density at radius 2 is 2.18 bits per heavy atom. The molecule has 0 fully saturated rings. The summed E-state index contributed by atoms with van der Waals surface area (Å²) < 4.78 is 37.8. The van der Waals surface area contributed by atoms with Crippen LogP contribution in [0.25, 0.3) is 0 Å².